The Morgan fingerprint density at radius 3 is 2.82 bits per heavy atom. The van der Waals surface area contributed by atoms with Crippen LogP contribution in [0, 0.1) is 5.92 Å². The van der Waals surface area contributed by atoms with Crippen LogP contribution < -0.4 is 0 Å². The van der Waals surface area contributed by atoms with E-state index in [0.29, 0.717) is 25.1 Å². The van der Waals surface area contributed by atoms with Crippen molar-refractivity contribution in [1.82, 2.24) is 9.80 Å². The van der Waals surface area contributed by atoms with Crippen LogP contribution in [0.3, 0.4) is 0 Å². The smallest absolute Gasteiger partial charge is 0.223 e. The van der Waals surface area contributed by atoms with Gasteiger partial charge in [-0.3, -0.25) is 4.79 Å². The van der Waals surface area contributed by atoms with E-state index in [9.17, 15) is 4.79 Å². The number of amides is 1. The highest BCUT2D eigenvalue weighted by atomic mass is 16.5. The molecule has 122 valence electrons. The molecule has 3 saturated heterocycles. The molecule has 0 aromatic rings. The molecule has 3 aliphatic rings. The summed E-state index contributed by atoms with van der Waals surface area (Å²) in [5.74, 6) is 0.434. The molecule has 0 aromatic heterocycles. The zero-order valence-corrected chi connectivity index (χ0v) is 13.1. The Bertz CT molecular complexity index is 437. The van der Waals surface area contributed by atoms with E-state index in [1.165, 1.54) is 12.8 Å². The summed E-state index contributed by atoms with van der Waals surface area (Å²) in [6, 6.07) is 0.365. The van der Waals surface area contributed by atoms with Crippen LogP contribution in [-0.4, -0.2) is 67.2 Å². The van der Waals surface area contributed by atoms with E-state index in [1.807, 2.05) is 4.90 Å². The van der Waals surface area contributed by atoms with Crippen LogP contribution in [0.5, 0.6) is 0 Å². The molecule has 2 atom stereocenters. The number of azide groups is 1. The fraction of sp³-hybridized carbons (Fsp3) is 0.933. The lowest BCUT2D eigenvalue weighted by Crippen LogP contribution is -2.47. The summed E-state index contributed by atoms with van der Waals surface area (Å²) in [7, 11) is 0. The molecule has 0 saturated carbocycles. The molecule has 0 bridgehead atoms. The van der Waals surface area contributed by atoms with Crippen LogP contribution in [0.25, 0.3) is 10.4 Å². The first-order chi connectivity index (χ1) is 10.8. The Morgan fingerprint density at radius 2 is 2.14 bits per heavy atom. The Balaban J connectivity index is 1.44. The molecule has 2 unspecified atom stereocenters. The molecular formula is C15H25N5O2. The van der Waals surface area contributed by atoms with E-state index in [4.69, 9.17) is 10.3 Å². The number of hydrogen-bond donors (Lipinski definition) is 0. The molecule has 7 heteroatoms. The Hall–Kier alpha value is -1.30. The van der Waals surface area contributed by atoms with Gasteiger partial charge in [0.15, 0.2) is 0 Å². The molecule has 0 aliphatic carbocycles. The number of rotatable bonds is 5. The van der Waals surface area contributed by atoms with Crippen molar-refractivity contribution < 1.29 is 9.53 Å². The molecule has 1 amide bonds. The molecule has 3 rings (SSSR count). The molecule has 3 heterocycles. The first kappa shape index (κ1) is 15.6. The number of carbonyl (C=O) groups excluding carboxylic acids is 1. The highest BCUT2D eigenvalue weighted by Crippen LogP contribution is 2.26. The van der Waals surface area contributed by atoms with Crippen molar-refractivity contribution in [2.45, 2.75) is 44.2 Å². The van der Waals surface area contributed by atoms with Crippen molar-refractivity contribution in [3.63, 3.8) is 0 Å². The van der Waals surface area contributed by atoms with Gasteiger partial charge in [-0.1, -0.05) is 5.11 Å². The maximum Gasteiger partial charge on any atom is 0.223 e. The number of nitrogens with zero attached hydrogens (tertiary/aromatic N) is 5. The second-order valence-corrected chi connectivity index (χ2v) is 6.70. The average Bonchev–Trinajstić information content (AvgIpc) is 3.16. The van der Waals surface area contributed by atoms with Gasteiger partial charge in [0.25, 0.3) is 0 Å². The minimum Gasteiger partial charge on any atom is -0.377 e. The molecular weight excluding hydrogens is 282 g/mol. The summed E-state index contributed by atoms with van der Waals surface area (Å²) in [6.45, 7) is 5.26. The van der Waals surface area contributed by atoms with E-state index in [-0.39, 0.29) is 11.8 Å². The van der Waals surface area contributed by atoms with Crippen molar-refractivity contribution in [3.05, 3.63) is 10.4 Å². The molecule has 0 spiro atoms. The van der Waals surface area contributed by atoms with Gasteiger partial charge in [0.2, 0.25) is 5.91 Å². The first-order valence-electron chi connectivity index (χ1n) is 8.40. The summed E-state index contributed by atoms with van der Waals surface area (Å²) in [5.41, 5.74) is 8.40. The predicted molar refractivity (Wildman–Crippen MR) is 82.3 cm³/mol. The third-order valence-corrected chi connectivity index (χ3v) is 5.13. The van der Waals surface area contributed by atoms with Gasteiger partial charge in [0, 0.05) is 56.7 Å². The number of piperidine rings is 1. The Kier molecular flexibility index (Phi) is 5.18. The average molecular weight is 307 g/mol. The zero-order chi connectivity index (χ0) is 15.4. The maximum atomic E-state index is 12.2. The molecule has 3 fully saturated rings. The second-order valence-electron chi connectivity index (χ2n) is 6.70. The third kappa shape index (κ3) is 3.72. The quantitative estimate of drug-likeness (QED) is 0.441. The van der Waals surface area contributed by atoms with E-state index in [0.717, 1.165) is 45.6 Å². The van der Waals surface area contributed by atoms with Crippen LogP contribution in [0.15, 0.2) is 5.11 Å². The van der Waals surface area contributed by atoms with Crippen LogP contribution in [0.4, 0.5) is 0 Å². The minimum atomic E-state index is 0.202. The molecule has 3 aliphatic heterocycles. The van der Waals surface area contributed by atoms with E-state index in [2.05, 4.69) is 14.9 Å². The summed E-state index contributed by atoms with van der Waals surface area (Å²) >= 11 is 0. The van der Waals surface area contributed by atoms with Gasteiger partial charge in [0.1, 0.15) is 0 Å². The van der Waals surface area contributed by atoms with E-state index in [1.54, 1.807) is 0 Å². The highest BCUT2D eigenvalue weighted by molar-refractivity contribution is 5.79. The summed E-state index contributed by atoms with van der Waals surface area (Å²) < 4.78 is 5.71. The first-order valence-corrected chi connectivity index (χ1v) is 8.40. The number of hydrogen-bond acceptors (Lipinski definition) is 4. The van der Waals surface area contributed by atoms with Gasteiger partial charge < -0.3 is 14.5 Å². The lowest BCUT2D eigenvalue weighted by atomic mass is 10.0. The predicted octanol–water partition coefficient (Wildman–Crippen LogP) is 1.79. The summed E-state index contributed by atoms with van der Waals surface area (Å²) in [4.78, 5) is 19.5. The van der Waals surface area contributed by atoms with Gasteiger partial charge in [0.05, 0.1) is 6.10 Å². The number of likely N-dealkylation sites (tertiary alicyclic amines) is 2. The lowest BCUT2D eigenvalue weighted by molar-refractivity contribution is -0.130. The van der Waals surface area contributed by atoms with Crippen LogP contribution in [0.1, 0.15) is 32.1 Å². The van der Waals surface area contributed by atoms with Crippen LogP contribution in [0.2, 0.25) is 0 Å². The fourth-order valence-electron chi connectivity index (χ4n) is 3.93. The molecule has 22 heavy (non-hydrogen) atoms. The van der Waals surface area contributed by atoms with Gasteiger partial charge >= 0.3 is 0 Å². The normalized spacial score (nSPS) is 30.7. The van der Waals surface area contributed by atoms with Crippen molar-refractivity contribution in [3.8, 4) is 0 Å². The van der Waals surface area contributed by atoms with Crippen molar-refractivity contribution in [2.75, 3.05) is 39.3 Å². The number of carbonyl (C=O) groups is 1. The van der Waals surface area contributed by atoms with Crippen molar-refractivity contribution >= 4 is 5.91 Å². The molecule has 7 nitrogen and oxygen atoms in total. The van der Waals surface area contributed by atoms with Gasteiger partial charge in [-0.2, -0.15) is 0 Å². The fourth-order valence-corrected chi connectivity index (χ4v) is 3.93. The SMILES string of the molecule is [N-]=[N+]=NCC1CC(=O)N(C2CCN(CC3CCCO3)CC2)C1. The van der Waals surface area contributed by atoms with Crippen molar-refractivity contribution in [1.29, 1.82) is 0 Å². The van der Waals surface area contributed by atoms with Gasteiger partial charge in [-0.15, -0.1) is 0 Å². The Morgan fingerprint density at radius 1 is 1.32 bits per heavy atom. The second kappa shape index (κ2) is 7.31. The minimum absolute atomic E-state index is 0.202. The van der Waals surface area contributed by atoms with E-state index < -0.39 is 0 Å². The molecule has 0 aromatic carbocycles. The summed E-state index contributed by atoms with van der Waals surface area (Å²) in [6.07, 6.45) is 5.43. The monoisotopic (exact) mass is 307 g/mol. The topological polar surface area (TPSA) is 81.5 Å². The van der Waals surface area contributed by atoms with Crippen LogP contribution >= 0.6 is 0 Å². The maximum absolute atomic E-state index is 12.2. The van der Waals surface area contributed by atoms with Gasteiger partial charge in [-0.25, -0.2) is 0 Å². The molecule has 0 radical (unpaired) electrons. The highest BCUT2D eigenvalue weighted by Gasteiger charge is 2.35. The molecule has 0 N–H and O–H groups in total. The Labute approximate surface area is 131 Å². The van der Waals surface area contributed by atoms with Gasteiger partial charge in [-0.05, 0) is 37.1 Å². The zero-order valence-electron chi connectivity index (χ0n) is 13.1. The van der Waals surface area contributed by atoms with E-state index >= 15 is 0 Å². The largest absolute Gasteiger partial charge is 0.377 e. The van der Waals surface area contributed by atoms with Crippen molar-refractivity contribution in [2.24, 2.45) is 11.0 Å². The number of ether oxygens (including phenoxy) is 1. The summed E-state index contributed by atoms with van der Waals surface area (Å²) in [5, 5.41) is 3.62. The van der Waals surface area contributed by atoms with Crippen LogP contribution in [-0.2, 0) is 9.53 Å². The third-order valence-electron chi connectivity index (χ3n) is 5.13. The lowest BCUT2D eigenvalue weighted by Gasteiger charge is -2.37. The standard InChI is InChI=1S/C15H25N5O2/c16-18-17-9-12-8-15(21)20(10-12)13-3-5-19(6-4-13)11-14-2-1-7-22-14/h12-14H,1-11H2.